The summed E-state index contributed by atoms with van der Waals surface area (Å²) in [4.78, 5) is 0. The fourth-order valence-electron chi connectivity index (χ4n) is 2.39. The summed E-state index contributed by atoms with van der Waals surface area (Å²) in [6, 6.07) is 4.98. The zero-order valence-corrected chi connectivity index (χ0v) is 9.87. The second kappa shape index (κ2) is 4.55. The van der Waals surface area contributed by atoms with Gasteiger partial charge in [-0.2, -0.15) is 13.2 Å². The molecule has 1 fully saturated rings. The van der Waals surface area contributed by atoms with Crippen molar-refractivity contribution in [2.24, 2.45) is 5.73 Å². The van der Waals surface area contributed by atoms with Crippen molar-refractivity contribution in [3.63, 3.8) is 0 Å². The highest BCUT2D eigenvalue weighted by Gasteiger charge is 2.36. The molecule has 2 nitrogen and oxygen atoms in total. The molecule has 5 heteroatoms. The van der Waals surface area contributed by atoms with E-state index in [1.807, 2.05) is 0 Å². The van der Waals surface area contributed by atoms with E-state index in [-0.39, 0.29) is 6.04 Å². The minimum absolute atomic E-state index is 0.0380. The maximum absolute atomic E-state index is 12.6. The number of rotatable bonds is 1. The van der Waals surface area contributed by atoms with Crippen LogP contribution in [0.4, 0.5) is 13.2 Å². The Bertz CT molecular complexity index is 422. The minimum atomic E-state index is -4.38. The maximum Gasteiger partial charge on any atom is 0.416 e. The van der Waals surface area contributed by atoms with Crippen LogP contribution in [0.3, 0.4) is 0 Å². The molecule has 0 spiro atoms. The number of aliphatic hydroxyl groups is 1. The molecule has 0 saturated heterocycles. The third-order valence-electron chi connectivity index (χ3n) is 3.58. The van der Waals surface area contributed by atoms with Crippen LogP contribution in [-0.4, -0.2) is 11.1 Å². The number of alkyl halides is 3. The van der Waals surface area contributed by atoms with Crippen LogP contribution >= 0.6 is 0 Å². The van der Waals surface area contributed by atoms with Crippen molar-refractivity contribution in [2.45, 2.75) is 43.5 Å². The first-order chi connectivity index (χ1) is 8.31. The van der Waals surface area contributed by atoms with Gasteiger partial charge in [-0.05, 0) is 43.4 Å². The highest BCUT2D eigenvalue weighted by molar-refractivity contribution is 5.30. The number of benzene rings is 1. The second-order valence-corrected chi connectivity index (χ2v) is 4.95. The Morgan fingerprint density at radius 3 is 2.39 bits per heavy atom. The summed E-state index contributed by atoms with van der Waals surface area (Å²) < 4.78 is 37.9. The minimum Gasteiger partial charge on any atom is -0.385 e. The van der Waals surface area contributed by atoms with Gasteiger partial charge in [0, 0.05) is 6.04 Å². The van der Waals surface area contributed by atoms with Gasteiger partial charge in [-0.15, -0.1) is 0 Å². The lowest BCUT2D eigenvalue weighted by atomic mass is 9.77. The SMILES string of the molecule is NC1CCC(O)(c2cccc(C(F)(F)F)c2)CC1. The van der Waals surface area contributed by atoms with Crippen LogP contribution in [0.15, 0.2) is 24.3 Å². The average molecular weight is 259 g/mol. The summed E-state index contributed by atoms with van der Waals surface area (Å²) >= 11 is 0. The fourth-order valence-corrected chi connectivity index (χ4v) is 2.39. The van der Waals surface area contributed by atoms with E-state index in [2.05, 4.69) is 0 Å². The molecule has 0 heterocycles. The molecule has 1 aromatic rings. The van der Waals surface area contributed by atoms with E-state index in [0.29, 0.717) is 31.2 Å². The van der Waals surface area contributed by atoms with Gasteiger partial charge in [-0.25, -0.2) is 0 Å². The molecule has 0 amide bonds. The second-order valence-electron chi connectivity index (χ2n) is 4.95. The largest absolute Gasteiger partial charge is 0.416 e. The normalized spacial score (nSPS) is 29.3. The van der Waals surface area contributed by atoms with Gasteiger partial charge in [0.1, 0.15) is 0 Å². The number of nitrogens with two attached hydrogens (primary N) is 1. The molecule has 1 aliphatic rings. The van der Waals surface area contributed by atoms with Gasteiger partial charge in [0.2, 0.25) is 0 Å². The Labute approximate surface area is 104 Å². The first-order valence-electron chi connectivity index (χ1n) is 5.97. The van der Waals surface area contributed by atoms with Crippen molar-refractivity contribution < 1.29 is 18.3 Å². The lowest BCUT2D eigenvalue weighted by Crippen LogP contribution is -2.36. The molecular formula is C13H16F3NO. The molecule has 0 unspecified atom stereocenters. The smallest absolute Gasteiger partial charge is 0.385 e. The molecule has 1 saturated carbocycles. The molecule has 0 radical (unpaired) electrons. The van der Waals surface area contributed by atoms with Crippen LogP contribution < -0.4 is 5.73 Å². The monoisotopic (exact) mass is 259 g/mol. The topological polar surface area (TPSA) is 46.2 Å². The van der Waals surface area contributed by atoms with Crippen molar-refractivity contribution in [2.75, 3.05) is 0 Å². The maximum atomic E-state index is 12.6. The highest BCUT2D eigenvalue weighted by atomic mass is 19.4. The van der Waals surface area contributed by atoms with E-state index in [1.54, 1.807) is 6.07 Å². The molecule has 1 aliphatic carbocycles. The van der Waals surface area contributed by atoms with Gasteiger partial charge < -0.3 is 10.8 Å². The van der Waals surface area contributed by atoms with Crippen LogP contribution in [0.1, 0.15) is 36.8 Å². The molecule has 1 aromatic carbocycles. The standard InChI is InChI=1S/C13H16F3NO/c14-13(15,16)10-3-1-2-9(8-10)12(18)6-4-11(17)5-7-12/h1-3,8,11,18H,4-7,17H2. The van der Waals surface area contributed by atoms with Crippen molar-refractivity contribution in [1.29, 1.82) is 0 Å². The van der Waals surface area contributed by atoms with Crippen molar-refractivity contribution in [3.8, 4) is 0 Å². The van der Waals surface area contributed by atoms with Gasteiger partial charge in [-0.3, -0.25) is 0 Å². The van der Waals surface area contributed by atoms with Crippen LogP contribution in [0, 0.1) is 0 Å². The Hall–Kier alpha value is -1.07. The fraction of sp³-hybridized carbons (Fsp3) is 0.538. The van der Waals surface area contributed by atoms with E-state index in [1.165, 1.54) is 6.07 Å². The predicted octanol–water partition coefficient (Wildman–Crippen LogP) is 2.79. The Morgan fingerprint density at radius 2 is 1.83 bits per heavy atom. The molecule has 3 N–H and O–H groups in total. The van der Waals surface area contributed by atoms with E-state index in [0.717, 1.165) is 12.1 Å². The summed E-state index contributed by atoms with van der Waals surface area (Å²) in [5, 5.41) is 10.4. The third kappa shape index (κ3) is 2.67. The summed E-state index contributed by atoms with van der Waals surface area (Å²) in [5.41, 5.74) is 4.19. The molecule has 18 heavy (non-hydrogen) atoms. The van der Waals surface area contributed by atoms with Crippen molar-refractivity contribution in [3.05, 3.63) is 35.4 Å². The van der Waals surface area contributed by atoms with Crippen molar-refractivity contribution >= 4 is 0 Å². The molecular weight excluding hydrogens is 243 g/mol. The molecule has 2 rings (SSSR count). The number of halogens is 3. The van der Waals surface area contributed by atoms with E-state index in [9.17, 15) is 18.3 Å². The number of hydrogen-bond acceptors (Lipinski definition) is 2. The average Bonchev–Trinajstić information content (AvgIpc) is 2.32. The molecule has 0 aromatic heterocycles. The van der Waals surface area contributed by atoms with E-state index >= 15 is 0 Å². The Kier molecular flexibility index (Phi) is 3.38. The van der Waals surface area contributed by atoms with E-state index < -0.39 is 17.3 Å². The lowest BCUT2D eigenvalue weighted by molar-refractivity contribution is -0.137. The number of hydrogen-bond donors (Lipinski definition) is 2. The van der Waals surface area contributed by atoms with Gasteiger partial charge in [0.15, 0.2) is 0 Å². The van der Waals surface area contributed by atoms with E-state index in [4.69, 9.17) is 5.73 Å². The molecule has 0 aliphatic heterocycles. The molecule has 0 atom stereocenters. The van der Waals surface area contributed by atoms with Gasteiger partial charge >= 0.3 is 6.18 Å². The van der Waals surface area contributed by atoms with Crippen LogP contribution in [-0.2, 0) is 11.8 Å². The van der Waals surface area contributed by atoms with Crippen molar-refractivity contribution in [1.82, 2.24) is 0 Å². The quantitative estimate of drug-likeness (QED) is 0.814. The molecule has 0 bridgehead atoms. The van der Waals surface area contributed by atoms with Crippen LogP contribution in [0.25, 0.3) is 0 Å². The van der Waals surface area contributed by atoms with Gasteiger partial charge in [0.05, 0.1) is 11.2 Å². The first kappa shape index (κ1) is 13.4. The predicted molar refractivity (Wildman–Crippen MR) is 61.8 cm³/mol. The van der Waals surface area contributed by atoms with Gasteiger partial charge in [0.25, 0.3) is 0 Å². The Balaban J connectivity index is 2.28. The summed E-state index contributed by atoms with van der Waals surface area (Å²) in [7, 11) is 0. The van der Waals surface area contributed by atoms with Crippen LogP contribution in [0.2, 0.25) is 0 Å². The first-order valence-corrected chi connectivity index (χ1v) is 5.97. The zero-order chi connectivity index (χ0) is 13.4. The molecule has 100 valence electrons. The zero-order valence-electron chi connectivity index (χ0n) is 9.87. The lowest BCUT2D eigenvalue weighted by Gasteiger charge is -2.35. The van der Waals surface area contributed by atoms with Gasteiger partial charge in [-0.1, -0.05) is 12.1 Å². The third-order valence-corrected chi connectivity index (χ3v) is 3.58. The summed E-state index contributed by atoms with van der Waals surface area (Å²) in [6.07, 6.45) is -2.29. The Morgan fingerprint density at radius 1 is 1.22 bits per heavy atom. The highest BCUT2D eigenvalue weighted by Crippen LogP contribution is 2.39. The summed E-state index contributed by atoms with van der Waals surface area (Å²) in [6.45, 7) is 0. The summed E-state index contributed by atoms with van der Waals surface area (Å²) in [5.74, 6) is 0. The van der Waals surface area contributed by atoms with Crippen LogP contribution in [0.5, 0.6) is 0 Å².